The molecule has 34 heavy (non-hydrogen) atoms. The van der Waals surface area contributed by atoms with Gasteiger partial charge in [0.05, 0.1) is 13.4 Å². The molecule has 4 aromatic rings. The maximum absolute atomic E-state index is 15.0. The Hall–Kier alpha value is -3.43. The lowest BCUT2D eigenvalue weighted by molar-refractivity contribution is 0.197. The molecule has 0 amide bonds. The number of hydrogen-bond donors (Lipinski definition) is 0. The quantitative estimate of drug-likeness (QED) is 0.395. The molecule has 3 heterocycles. The molecule has 1 unspecified atom stereocenters. The van der Waals surface area contributed by atoms with Crippen LogP contribution in [0.1, 0.15) is 23.2 Å². The molecule has 0 aliphatic carbocycles. The minimum atomic E-state index is -0.408. The predicted molar refractivity (Wildman–Crippen MR) is 128 cm³/mol. The highest BCUT2D eigenvalue weighted by molar-refractivity contribution is 5.85. The molecule has 0 radical (unpaired) electrons. The topological polar surface area (TPSA) is 72.5 Å². The SMILES string of the molecule is COc1ccc(N2CCN(C(c3ccccc3F)c3nnnn3Cc3ccco3)CC2)cc1.Cl. The van der Waals surface area contributed by atoms with Gasteiger partial charge in [-0.25, -0.2) is 9.07 Å². The Bertz CT molecular complexity index is 1180. The fraction of sp³-hybridized carbons (Fsp3) is 0.292. The summed E-state index contributed by atoms with van der Waals surface area (Å²) < 4.78 is 27.4. The van der Waals surface area contributed by atoms with Crippen molar-refractivity contribution in [3.05, 3.63) is 89.9 Å². The summed E-state index contributed by atoms with van der Waals surface area (Å²) in [5, 5.41) is 12.4. The van der Waals surface area contributed by atoms with E-state index in [4.69, 9.17) is 9.15 Å². The summed E-state index contributed by atoms with van der Waals surface area (Å²) in [7, 11) is 1.66. The molecule has 1 aliphatic rings. The number of hydrogen-bond acceptors (Lipinski definition) is 7. The van der Waals surface area contributed by atoms with Crippen molar-refractivity contribution < 1.29 is 13.5 Å². The van der Waals surface area contributed by atoms with E-state index in [0.717, 1.165) is 43.4 Å². The standard InChI is InChI=1S/C24H25FN6O2.ClH/c1-32-19-10-8-18(9-11-19)29-12-14-30(15-13-29)23(21-6-2-3-7-22(21)25)24-26-27-28-31(24)17-20-5-4-16-33-20;/h2-11,16,23H,12-15,17H2,1H3;1H. The third kappa shape index (κ3) is 4.90. The van der Waals surface area contributed by atoms with Gasteiger partial charge in [0, 0.05) is 37.4 Å². The van der Waals surface area contributed by atoms with Crippen LogP contribution in [0, 0.1) is 5.82 Å². The van der Waals surface area contributed by atoms with Crippen LogP contribution in [0.2, 0.25) is 0 Å². The van der Waals surface area contributed by atoms with Crippen molar-refractivity contribution >= 4 is 18.1 Å². The molecule has 1 atom stereocenters. The predicted octanol–water partition coefficient (Wildman–Crippen LogP) is 3.80. The zero-order valence-electron chi connectivity index (χ0n) is 18.7. The van der Waals surface area contributed by atoms with Gasteiger partial charge in [-0.05, 0) is 52.9 Å². The fourth-order valence-electron chi connectivity index (χ4n) is 4.30. The van der Waals surface area contributed by atoms with Crippen LogP contribution in [0.25, 0.3) is 0 Å². The number of rotatable bonds is 7. The second-order valence-corrected chi connectivity index (χ2v) is 7.92. The number of anilines is 1. The van der Waals surface area contributed by atoms with E-state index < -0.39 is 6.04 Å². The molecule has 10 heteroatoms. The molecule has 0 saturated carbocycles. The summed E-state index contributed by atoms with van der Waals surface area (Å²) in [4.78, 5) is 4.56. The van der Waals surface area contributed by atoms with Crippen molar-refractivity contribution in [1.29, 1.82) is 0 Å². The summed E-state index contributed by atoms with van der Waals surface area (Å²) in [5.74, 6) is 1.89. The Kier molecular flexibility index (Phi) is 7.44. The second kappa shape index (κ2) is 10.7. The van der Waals surface area contributed by atoms with Crippen LogP contribution in [0.3, 0.4) is 0 Å². The van der Waals surface area contributed by atoms with Gasteiger partial charge >= 0.3 is 0 Å². The number of tetrazole rings is 1. The van der Waals surface area contributed by atoms with Crippen molar-refractivity contribution in [3.63, 3.8) is 0 Å². The highest BCUT2D eigenvalue weighted by Crippen LogP contribution is 2.31. The first-order valence-electron chi connectivity index (χ1n) is 10.9. The van der Waals surface area contributed by atoms with Crippen molar-refractivity contribution in [3.8, 4) is 5.75 Å². The van der Waals surface area contributed by atoms with Crippen LogP contribution in [-0.4, -0.2) is 58.4 Å². The number of halogens is 2. The van der Waals surface area contributed by atoms with Crippen molar-refractivity contribution in [2.24, 2.45) is 0 Å². The summed E-state index contributed by atoms with van der Waals surface area (Å²) in [6, 6.07) is 18.2. The van der Waals surface area contributed by atoms with Gasteiger partial charge in [-0.1, -0.05) is 18.2 Å². The minimum absolute atomic E-state index is 0. The lowest BCUT2D eigenvalue weighted by Gasteiger charge is -2.40. The van der Waals surface area contributed by atoms with Crippen LogP contribution in [0.4, 0.5) is 10.1 Å². The maximum atomic E-state index is 15.0. The van der Waals surface area contributed by atoms with E-state index in [-0.39, 0.29) is 18.2 Å². The third-order valence-corrected chi connectivity index (χ3v) is 6.01. The van der Waals surface area contributed by atoms with E-state index in [1.165, 1.54) is 6.07 Å². The number of furan rings is 1. The van der Waals surface area contributed by atoms with Crippen LogP contribution in [0.5, 0.6) is 5.75 Å². The monoisotopic (exact) mass is 484 g/mol. The first-order valence-corrected chi connectivity index (χ1v) is 10.9. The van der Waals surface area contributed by atoms with E-state index in [1.807, 2.05) is 36.4 Å². The fourth-order valence-corrected chi connectivity index (χ4v) is 4.30. The summed E-state index contributed by atoms with van der Waals surface area (Å²) in [5.41, 5.74) is 1.70. The Morgan fingerprint density at radius 2 is 1.76 bits per heavy atom. The van der Waals surface area contributed by atoms with E-state index in [2.05, 4.69) is 37.5 Å². The van der Waals surface area contributed by atoms with Gasteiger partial charge in [-0.3, -0.25) is 4.90 Å². The Morgan fingerprint density at radius 1 is 1.00 bits per heavy atom. The summed E-state index contributed by atoms with van der Waals surface area (Å²) >= 11 is 0. The second-order valence-electron chi connectivity index (χ2n) is 7.92. The van der Waals surface area contributed by atoms with Gasteiger partial charge in [0.15, 0.2) is 5.82 Å². The van der Waals surface area contributed by atoms with Crippen LogP contribution in [-0.2, 0) is 6.54 Å². The zero-order chi connectivity index (χ0) is 22.6. The first-order chi connectivity index (χ1) is 16.2. The molecule has 0 N–H and O–H groups in total. The molecule has 5 rings (SSSR count). The third-order valence-electron chi connectivity index (χ3n) is 6.01. The van der Waals surface area contributed by atoms with Crippen LogP contribution in [0.15, 0.2) is 71.3 Å². The lowest BCUT2D eigenvalue weighted by Crippen LogP contribution is -2.48. The normalized spacial score (nSPS) is 15.1. The van der Waals surface area contributed by atoms with Crippen LogP contribution < -0.4 is 9.64 Å². The number of piperazine rings is 1. The number of methoxy groups -OCH3 is 1. The van der Waals surface area contributed by atoms with Gasteiger partial charge in [-0.15, -0.1) is 17.5 Å². The molecule has 2 aromatic carbocycles. The van der Waals surface area contributed by atoms with Gasteiger partial charge in [0.1, 0.15) is 29.9 Å². The Labute approximate surface area is 203 Å². The smallest absolute Gasteiger partial charge is 0.173 e. The van der Waals surface area contributed by atoms with Gasteiger partial charge in [0.2, 0.25) is 0 Å². The molecule has 178 valence electrons. The van der Waals surface area contributed by atoms with Crippen molar-refractivity contribution in [2.75, 3.05) is 38.2 Å². The maximum Gasteiger partial charge on any atom is 0.173 e. The molecule has 0 spiro atoms. The van der Waals surface area contributed by atoms with Gasteiger partial charge < -0.3 is 14.1 Å². The van der Waals surface area contributed by atoms with E-state index in [0.29, 0.717) is 17.9 Å². The Morgan fingerprint density at radius 3 is 2.44 bits per heavy atom. The molecule has 1 fully saturated rings. The number of benzene rings is 2. The van der Waals surface area contributed by atoms with Gasteiger partial charge in [0.25, 0.3) is 0 Å². The van der Waals surface area contributed by atoms with Gasteiger partial charge in [-0.2, -0.15) is 0 Å². The zero-order valence-corrected chi connectivity index (χ0v) is 19.6. The molecule has 1 saturated heterocycles. The summed E-state index contributed by atoms with van der Waals surface area (Å²) in [6.45, 7) is 3.46. The highest BCUT2D eigenvalue weighted by atomic mass is 35.5. The van der Waals surface area contributed by atoms with Crippen molar-refractivity contribution in [1.82, 2.24) is 25.1 Å². The molecular formula is C24H26ClFN6O2. The average Bonchev–Trinajstić information content (AvgIpc) is 3.54. The van der Waals surface area contributed by atoms with Crippen LogP contribution >= 0.6 is 12.4 Å². The van der Waals surface area contributed by atoms with E-state index >= 15 is 0 Å². The Balaban J connectivity index is 0.00000274. The number of aromatic nitrogens is 4. The lowest BCUT2D eigenvalue weighted by atomic mass is 10.0. The average molecular weight is 485 g/mol. The molecule has 0 bridgehead atoms. The minimum Gasteiger partial charge on any atom is -0.497 e. The largest absolute Gasteiger partial charge is 0.497 e. The highest BCUT2D eigenvalue weighted by Gasteiger charge is 2.32. The number of nitrogens with zero attached hydrogens (tertiary/aromatic N) is 6. The molecule has 8 nitrogen and oxygen atoms in total. The van der Waals surface area contributed by atoms with E-state index in [9.17, 15) is 4.39 Å². The molecular weight excluding hydrogens is 459 g/mol. The molecule has 1 aliphatic heterocycles. The van der Waals surface area contributed by atoms with E-state index in [1.54, 1.807) is 24.1 Å². The number of ether oxygens (including phenoxy) is 1. The first kappa shape index (κ1) is 23.7. The molecule has 2 aromatic heterocycles. The van der Waals surface area contributed by atoms with Crippen molar-refractivity contribution in [2.45, 2.75) is 12.6 Å². The summed E-state index contributed by atoms with van der Waals surface area (Å²) in [6.07, 6.45) is 1.62.